The van der Waals surface area contributed by atoms with Gasteiger partial charge in [0.1, 0.15) is 11.3 Å². The van der Waals surface area contributed by atoms with Crippen LogP contribution in [0.4, 0.5) is 13.2 Å². The van der Waals surface area contributed by atoms with Gasteiger partial charge in [-0.15, -0.1) is 0 Å². The highest BCUT2D eigenvalue weighted by molar-refractivity contribution is 5.91. The van der Waals surface area contributed by atoms with E-state index >= 15 is 0 Å². The lowest BCUT2D eigenvalue weighted by molar-refractivity contribution is -0.138. The molecule has 1 heterocycles. The minimum atomic E-state index is -4.52. The van der Waals surface area contributed by atoms with E-state index in [9.17, 15) is 18.0 Å². The molecule has 2 aliphatic rings. The van der Waals surface area contributed by atoms with E-state index in [1.165, 1.54) is 12.1 Å². The van der Waals surface area contributed by atoms with E-state index in [1.54, 1.807) is 17.0 Å². The first kappa shape index (κ1) is 21.0. The number of carbonyl (C=O) groups excluding carboxylic acids is 1. The van der Waals surface area contributed by atoms with Gasteiger partial charge in [0.15, 0.2) is 0 Å². The fraction of sp³-hybridized carbons (Fsp3) is 0.542. The number of ether oxygens (including phenoxy) is 1. The SMILES string of the molecule is CC1CCC(Oc2ccc3c(CN4CCCCC4=O)cccc3c2C(F)(F)F)CC1. The monoisotopic (exact) mass is 419 g/mol. The summed E-state index contributed by atoms with van der Waals surface area (Å²) in [5, 5.41) is 0.680. The van der Waals surface area contributed by atoms with Crippen molar-refractivity contribution in [1.82, 2.24) is 4.90 Å². The minimum absolute atomic E-state index is 0.0702. The number of piperidine rings is 1. The molecule has 162 valence electrons. The number of benzene rings is 2. The van der Waals surface area contributed by atoms with E-state index in [4.69, 9.17) is 4.74 Å². The molecule has 1 aliphatic carbocycles. The summed E-state index contributed by atoms with van der Waals surface area (Å²) in [7, 11) is 0. The van der Waals surface area contributed by atoms with Gasteiger partial charge in [-0.1, -0.05) is 31.2 Å². The Morgan fingerprint density at radius 2 is 1.80 bits per heavy atom. The lowest BCUT2D eigenvalue weighted by Gasteiger charge is -2.29. The van der Waals surface area contributed by atoms with E-state index in [1.807, 2.05) is 6.07 Å². The molecule has 0 bridgehead atoms. The topological polar surface area (TPSA) is 29.5 Å². The smallest absolute Gasteiger partial charge is 0.420 e. The Labute approximate surface area is 175 Å². The summed E-state index contributed by atoms with van der Waals surface area (Å²) in [6, 6.07) is 8.15. The molecule has 0 spiro atoms. The summed E-state index contributed by atoms with van der Waals surface area (Å²) in [6.07, 6.45) is 1.16. The van der Waals surface area contributed by atoms with Crippen LogP contribution in [0.1, 0.15) is 63.0 Å². The van der Waals surface area contributed by atoms with E-state index in [0.717, 1.165) is 44.1 Å². The maximum Gasteiger partial charge on any atom is 0.420 e. The number of alkyl halides is 3. The zero-order valence-corrected chi connectivity index (χ0v) is 17.3. The maximum absolute atomic E-state index is 14.1. The molecule has 0 radical (unpaired) electrons. The normalized spacial score (nSPS) is 23.1. The number of nitrogens with zero attached hydrogens (tertiary/aromatic N) is 1. The predicted octanol–water partition coefficient (Wildman–Crippen LogP) is 6.33. The highest BCUT2D eigenvalue weighted by atomic mass is 19.4. The lowest BCUT2D eigenvalue weighted by atomic mass is 9.89. The van der Waals surface area contributed by atoms with Crippen LogP contribution in [-0.2, 0) is 17.5 Å². The molecule has 1 amide bonds. The summed E-state index contributed by atoms with van der Waals surface area (Å²) in [6.45, 7) is 3.17. The van der Waals surface area contributed by atoms with Gasteiger partial charge in [0.2, 0.25) is 5.91 Å². The molecule has 0 unspecified atom stereocenters. The van der Waals surface area contributed by atoms with Crippen molar-refractivity contribution in [2.45, 2.75) is 70.7 Å². The first-order valence-electron chi connectivity index (χ1n) is 10.9. The quantitative estimate of drug-likeness (QED) is 0.580. The molecule has 6 heteroatoms. The van der Waals surface area contributed by atoms with Crippen molar-refractivity contribution in [3.63, 3.8) is 0 Å². The molecule has 30 heavy (non-hydrogen) atoms. The van der Waals surface area contributed by atoms with Crippen LogP contribution in [-0.4, -0.2) is 23.5 Å². The van der Waals surface area contributed by atoms with E-state index in [-0.39, 0.29) is 23.1 Å². The molecule has 4 rings (SSSR count). The van der Waals surface area contributed by atoms with Gasteiger partial charge in [0.05, 0.1) is 6.10 Å². The Hall–Kier alpha value is -2.24. The number of hydrogen-bond acceptors (Lipinski definition) is 2. The van der Waals surface area contributed by atoms with Crippen LogP contribution >= 0.6 is 0 Å². The number of rotatable bonds is 4. The zero-order chi connectivity index (χ0) is 21.3. The molecule has 0 aromatic heterocycles. The van der Waals surface area contributed by atoms with Crippen molar-refractivity contribution in [2.75, 3.05) is 6.54 Å². The second-order valence-corrected chi connectivity index (χ2v) is 8.72. The summed E-state index contributed by atoms with van der Waals surface area (Å²) < 4.78 is 48.2. The first-order valence-corrected chi connectivity index (χ1v) is 10.9. The van der Waals surface area contributed by atoms with E-state index in [0.29, 0.717) is 30.8 Å². The Balaban J connectivity index is 1.69. The Kier molecular flexibility index (Phi) is 5.94. The highest BCUT2D eigenvalue weighted by Crippen LogP contribution is 2.43. The van der Waals surface area contributed by atoms with Crippen LogP contribution < -0.4 is 4.74 Å². The average Bonchev–Trinajstić information content (AvgIpc) is 2.70. The first-order chi connectivity index (χ1) is 14.3. The number of carbonyl (C=O) groups is 1. The largest absolute Gasteiger partial charge is 0.490 e. The van der Waals surface area contributed by atoms with Crippen molar-refractivity contribution in [3.05, 3.63) is 41.5 Å². The van der Waals surface area contributed by atoms with Gasteiger partial charge in [0, 0.05) is 19.5 Å². The summed E-state index contributed by atoms with van der Waals surface area (Å²) in [4.78, 5) is 13.9. The molecule has 2 aromatic carbocycles. The van der Waals surface area contributed by atoms with Crippen molar-refractivity contribution in [2.24, 2.45) is 5.92 Å². The van der Waals surface area contributed by atoms with Gasteiger partial charge in [-0.3, -0.25) is 4.79 Å². The Morgan fingerprint density at radius 3 is 2.50 bits per heavy atom. The second kappa shape index (κ2) is 8.48. The van der Waals surface area contributed by atoms with Crippen LogP contribution in [0.3, 0.4) is 0 Å². The van der Waals surface area contributed by atoms with Crippen LogP contribution in [0.25, 0.3) is 10.8 Å². The third-order valence-electron chi connectivity index (χ3n) is 6.44. The highest BCUT2D eigenvalue weighted by Gasteiger charge is 2.37. The molecule has 2 aromatic rings. The zero-order valence-electron chi connectivity index (χ0n) is 17.3. The number of likely N-dealkylation sites (tertiary alicyclic amines) is 1. The predicted molar refractivity (Wildman–Crippen MR) is 110 cm³/mol. The van der Waals surface area contributed by atoms with Crippen LogP contribution in [0.5, 0.6) is 5.75 Å². The lowest BCUT2D eigenvalue weighted by Crippen LogP contribution is -2.34. The maximum atomic E-state index is 14.1. The number of hydrogen-bond donors (Lipinski definition) is 0. The molecule has 0 atom stereocenters. The fourth-order valence-corrected chi connectivity index (χ4v) is 4.69. The van der Waals surface area contributed by atoms with Gasteiger partial charge < -0.3 is 9.64 Å². The van der Waals surface area contributed by atoms with Crippen molar-refractivity contribution in [3.8, 4) is 5.75 Å². The van der Waals surface area contributed by atoms with Crippen LogP contribution in [0.2, 0.25) is 0 Å². The molecular formula is C24H28F3NO2. The van der Waals surface area contributed by atoms with E-state index in [2.05, 4.69) is 6.92 Å². The fourth-order valence-electron chi connectivity index (χ4n) is 4.69. The summed E-state index contributed by atoms with van der Waals surface area (Å²) >= 11 is 0. The second-order valence-electron chi connectivity index (χ2n) is 8.72. The van der Waals surface area contributed by atoms with E-state index < -0.39 is 11.7 Å². The van der Waals surface area contributed by atoms with Crippen LogP contribution in [0.15, 0.2) is 30.3 Å². The number of amides is 1. The van der Waals surface area contributed by atoms with Crippen molar-refractivity contribution >= 4 is 16.7 Å². The summed E-state index contributed by atoms with van der Waals surface area (Å²) in [5.74, 6) is 0.588. The summed E-state index contributed by atoms with van der Waals surface area (Å²) in [5.41, 5.74) is 0.0386. The molecule has 3 nitrogen and oxygen atoms in total. The van der Waals surface area contributed by atoms with Gasteiger partial charge in [-0.25, -0.2) is 0 Å². The number of fused-ring (bicyclic) bond motifs is 1. The standard InChI is InChI=1S/C24H28F3NO2/c1-16-8-10-18(11-9-16)30-21-13-12-19-17(15-28-14-3-2-7-22(28)29)5-4-6-20(19)23(21)24(25,26)27/h4-6,12-13,16,18H,2-3,7-11,14-15H2,1H3. The third-order valence-corrected chi connectivity index (χ3v) is 6.44. The van der Waals surface area contributed by atoms with Crippen molar-refractivity contribution < 1.29 is 22.7 Å². The molecule has 1 saturated carbocycles. The number of halogens is 3. The van der Waals surface area contributed by atoms with Gasteiger partial charge in [-0.2, -0.15) is 13.2 Å². The molecule has 0 N–H and O–H groups in total. The van der Waals surface area contributed by atoms with Crippen molar-refractivity contribution in [1.29, 1.82) is 0 Å². The molecule has 1 aliphatic heterocycles. The van der Waals surface area contributed by atoms with Gasteiger partial charge >= 0.3 is 6.18 Å². The Morgan fingerprint density at radius 1 is 1.03 bits per heavy atom. The van der Waals surface area contributed by atoms with Gasteiger partial charge in [0.25, 0.3) is 0 Å². The average molecular weight is 419 g/mol. The third kappa shape index (κ3) is 4.42. The molecular weight excluding hydrogens is 391 g/mol. The van der Waals surface area contributed by atoms with Crippen LogP contribution in [0, 0.1) is 5.92 Å². The molecule has 1 saturated heterocycles. The Bertz CT molecular complexity index is 917. The van der Waals surface area contributed by atoms with Gasteiger partial charge in [-0.05, 0) is 66.8 Å². The molecule has 2 fully saturated rings. The minimum Gasteiger partial charge on any atom is -0.490 e.